The fourth-order valence-electron chi connectivity index (χ4n) is 0.453. The Morgan fingerprint density at radius 2 is 2.36 bits per heavy atom. The van der Waals surface area contributed by atoms with Crippen molar-refractivity contribution in [1.82, 2.24) is 5.32 Å². The highest BCUT2D eigenvalue weighted by Gasteiger charge is 2.13. The van der Waals surface area contributed by atoms with E-state index in [4.69, 9.17) is 5.73 Å². The molecule has 5 heteroatoms. The van der Waals surface area contributed by atoms with Gasteiger partial charge in [-0.1, -0.05) is 12.2 Å². The van der Waals surface area contributed by atoms with Crippen LogP contribution in [0.15, 0.2) is 0 Å². The van der Waals surface area contributed by atoms with Crippen LogP contribution in [0.25, 0.3) is 0 Å². The number of amides is 1. The molecule has 64 valence electrons. The first-order valence-corrected chi connectivity index (χ1v) is 3.63. The Morgan fingerprint density at radius 1 is 1.82 bits per heavy atom. The molecule has 3 N–H and O–H groups in total. The van der Waals surface area contributed by atoms with E-state index in [0.717, 1.165) is 0 Å². The smallest absolute Gasteiger partial charge is 0.229 e. The zero-order valence-electron chi connectivity index (χ0n) is 6.26. The van der Waals surface area contributed by atoms with Crippen LogP contribution < -0.4 is 11.1 Å². The third-order valence-corrected chi connectivity index (χ3v) is 1.57. The Balaban J connectivity index is 3.74. The highest BCUT2D eigenvalue weighted by Crippen LogP contribution is 1.93. The van der Waals surface area contributed by atoms with Gasteiger partial charge in [-0.3, -0.25) is 4.79 Å². The standard InChI is InChI=1S/C6H11FN2OS/c1-4(5(8)11)6(10)9-3-2-7/h4H,2-3H2,1H3,(H2,8,11)(H,9,10). The number of rotatable bonds is 4. The third kappa shape index (κ3) is 3.87. The fraction of sp³-hybridized carbons (Fsp3) is 0.667. The predicted octanol–water partition coefficient (Wildman–Crippen LogP) is -0.00570. The molecule has 0 saturated heterocycles. The molecule has 0 heterocycles. The lowest BCUT2D eigenvalue weighted by atomic mass is 10.2. The first-order valence-electron chi connectivity index (χ1n) is 3.22. The molecule has 0 rings (SSSR count). The zero-order valence-corrected chi connectivity index (χ0v) is 7.08. The van der Waals surface area contributed by atoms with Gasteiger partial charge in [-0.15, -0.1) is 0 Å². The second-order valence-electron chi connectivity index (χ2n) is 2.10. The summed E-state index contributed by atoms with van der Waals surface area (Å²) < 4.78 is 11.5. The van der Waals surface area contributed by atoms with Crippen LogP contribution in [-0.4, -0.2) is 24.1 Å². The number of carbonyl (C=O) groups is 1. The van der Waals surface area contributed by atoms with Crippen molar-refractivity contribution in [2.45, 2.75) is 6.92 Å². The van der Waals surface area contributed by atoms with Crippen LogP contribution in [0.3, 0.4) is 0 Å². The van der Waals surface area contributed by atoms with E-state index in [1.807, 2.05) is 0 Å². The number of alkyl halides is 1. The minimum Gasteiger partial charge on any atom is -0.393 e. The average Bonchev–Trinajstić information content (AvgIpc) is 1.98. The van der Waals surface area contributed by atoms with Gasteiger partial charge in [0.1, 0.15) is 6.67 Å². The van der Waals surface area contributed by atoms with Gasteiger partial charge in [0, 0.05) is 6.54 Å². The Labute approximate surface area is 70.1 Å². The van der Waals surface area contributed by atoms with Gasteiger partial charge in [0.15, 0.2) is 0 Å². The minimum absolute atomic E-state index is 0.0196. The van der Waals surface area contributed by atoms with Crippen LogP contribution in [0.1, 0.15) is 6.92 Å². The molecule has 0 aliphatic carbocycles. The second kappa shape index (κ2) is 5.01. The number of hydrogen-bond donors (Lipinski definition) is 2. The van der Waals surface area contributed by atoms with Crippen LogP contribution in [0.2, 0.25) is 0 Å². The molecule has 0 aliphatic rings. The minimum atomic E-state index is -0.574. The molecule has 0 spiro atoms. The first-order chi connectivity index (χ1) is 5.09. The van der Waals surface area contributed by atoms with Crippen molar-refractivity contribution >= 4 is 23.1 Å². The summed E-state index contributed by atoms with van der Waals surface area (Å²) in [6, 6.07) is 0. The molecule has 0 aliphatic heterocycles. The fourth-order valence-corrected chi connectivity index (χ4v) is 0.560. The highest BCUT2D eigenvalue weighted by molar-refractivity contribution is 7.80. The lowest BCUT2D eigenvalue weighted by Gasteiger charge is -2.08. The van der Waals surface area contributed by atoms with Gasteiger partial charge in [-0.2, -0.15) is 0 Å². The van der Waals surface area contributed by atoms with Crippen LogP contribution in [0.5, 0.6) is 0 Å². The Hall–Kier alpha value is -0.710. The number of nitrogens with one attached hydrogen (secondary N) is 1. The summed E-state index contributed by atoms with van der Waals surface area (Å²) >= 11 is 4.57. The molecule has 0 aromatic heterocycles. The van der Waals surface area contributed by atoms with Gasteiger partial charge in [0.05, 0.1) is 10.9 Å². The van der Waals surface area contributed by atoms with Crippen molar-refractivity contribution in [2.75, 3.05) is 13.2 Å². The van der Waals surface area contributed by atoms with E-state index in [1.54, 1.807) is 6.92 Å². The van der Waals surface area contributed by atoms with Gasteiger partial charge >= 0.3 is 0 Å². The summed E-state index contributed by atoms with van der Waals surface area (Å²) in [5.74, 6) is -0.841. The maximum absolute atomic E-state index is 11.5. The number of thiocarbonyl (C=S) groups is 1. The van der Waals surface area contributed by atoms with Gasteiger partial charge in [-0.25, -0.2) is 4.39 Å². The Morgan fingerprint density at radius 3 is 2.73 bits per heavy atom. The van der Waals surface area contributed by atoms with Crippen molar-refractivity contribution in [1.29, 1.82) is 0 Å². The van der Waals surface area contributed by atoms with Gasteiger partial charge in [0.2, 0.25) is 5.91 Å². The first kappa shape index (κ1) is 10.3. The summed E-state index contributed by atoms with van der Waals surface area (Å²) in [6.07, 6.45) is 0. The predicted molar refractivity (Wildman–Crippen MR) is 44.9 cm³/mol. The molecule has 11 heavy (non-hydrogen) atoms. The molecular formula is C6H11FN2OS. The van der Waals surface area contributed by atoms with E-state index in [9.17, 15) is 9.18 Å². The number of halogens is 1. The topological polar surface area (TPSA) is 55.1 Å². The summed E-state index contributed by atoms with van der Waals surface area (Å²) in [4.78, 5) is 11.0. The number of carbonyl (C=O) groups excluding carboxylic acids is 1. The molecule has 0 saturated carbocycles. The van der Waals surface area contributed by atoms with Crippen LogP contribution in [0.4, 0.5) is 4.39 Å². The average molecular weight is 178 g/mol. The molecule has 0 fully saturated rings. The summed E-state index contributed by atoms with van der Waals surface area (Å²) in [5.41, 5.74) is 5.19. The van der Waals surface area contributed by atoms with Crippen molar-refractivity contribution in [3.05, 3.63) is 0 Å². The van der Waals surface area contributed by atoms with Crippen LogP contribution in [-0.2, 0) is 4.79 Å². The van der Waals surface area contributed by atoms with Crippen molar-refractivity contribution in [3.63, 3.8) is 0 Å². The SMILES string of the molecule is CC(C(=O)NCCF)C(N)=S. The van der Waals surface area contributed by atoms with Crippen molar-refractivity contribution in [2.24, 2.45) is 11.7 Å². The molecule has 1 atom stereocenters. The highest BCUT2D eigenvalue weighted by atomic mass is 32.1. The van der Waals surface area contributed by atoms with Crippen molar-refractivity contribution < 1.29 is 9.18 Å². The van der Waals surface area contributed by atoms with Gasteiger partial charge < -0.3 is 11.1 Å². The van der Waals surface area contributed by atoms with Crippen LogP contribution >= 0.6 is 12.2 Å². The normalized spacial score (nSPS) is 12.2. The van der Waals surface area contributed by atoms with Gasteiger partial charge in [0.25, 0.3) is 0 Å². The summed E-state index contributed by atoms with van der Waals surface area (Å²) in [5, 5.41) is 2.33. The number of hydrogen-bond acceptors (Lipinski definition) is 2. The summed E-state index contributed by atoms with van der Waals surface area (Å²) in [6.45, 7) is 1.03. The molecule has 0 aromatic carbocycles. The monoisotopic (exact) mass is 178 g/mol. The van der Waals surface area contributed by atoms with E-state index in [-0.39, 0.29) is 17.4 Å². The zero-order chi connectivity index (χ0) is 8.85. The molecule has 0 radical (unpaired) electrons. The van der Waals surface area contributed by atoms with E-state index in [2.05, 4.69) is 17.5 Å². The van der Waals surface area contributed by atoms with E-state index in [0.29, 0.717) is 0 Å². The number of nitrogens with two attached hydrogens (primary N) is 1. The Kier molecular flexibility index (Phi) is 4.69. The second-order valence-corrected chi connectivity index (χ2v) is 2.58. The maximum atomic E-state index is 11.5. The van der Waals surface area contributed by atoms with E-state index in [1.165, 1.54) is 0 Å². The lowest BCUT2D eigenvalue weighted by Crippen LogP contribution is -2.36. The maximum Gasteiger partial charge on any atom is 0.229 e. The van der Waals surface area contributed by atoms with E-state index < -0.39 is 12.6 Å². The van der Waals surface area contributed by atoms with E-state index >= 15 is 0 Å². The molecule has 0 bridgehead atoms. The molecular weight excluding hydrogens is 167 g/mol. The molecule has 1 amide bonds. The molecule has 1 unspecified atom stereocenters. The third-order valence-electron chi connectivity index (χ3n) is 1.21. The molecule has 3 nitrogen and oxygen atoms in total. The molecule has 0 aromatic rings. The lowest BCUT2D eigenvalue weighted by molar-refractivity contribution is -0.122. The quantitative estimate of drug-likeness (QED) is 0.595. The summed E-state index contributed by atoms with van der Waals surface area (Å²) in [7, 11) is 0. The van der Waals surface area contributed by atoms with Crippen molar-refractivity contribution in [3.8, 4) is 0 Å². The Bertz CT molecular complexity index is 163. The largest absolute Gasteiger partial charge is 0.393 e. The van der Waals surface area contributed by atoms with Gasteiger partial charge in [-0.05, 0) is 6.92 Å². The van der Waals surface area contributed by atoms with Crippen LogP contribution in [0, 0.1) is 5.92 Å².